The molecule has 7 heteroatoms. The van der Waals surface area contributed by atoms with Crippen LogP contribution in [-0.2, 0) is 6.42 Å². The van der Waals surface area contributed by atoms with Crippen molar-refractivity contribution in [2.75, 3.05) is 24.2 Å². The van der Waals surface area contributed by atoms with Crippen molar-refractivity contribution in [3.63, 3.8) is 0 Å². The summed E-state index contributed by atoms with van der Waals surface area (Å²) in [5.41, 5.74) is 0. The molecule has 2 heterocycles. The number of nitrogens with zero attached hydrogens (tertiary/aromatic N) is 4. The Morgan fingerprint density at radius 3 is 3.06 bits per heavy atom. The first-order chi connectivity index (χ1) is 7.88. The molecule has 2 N–H and O–H groups in total. The van der Waals surface area contributed by atoms with Crippen molar-refractivity contribution in [1.29, 1.82) is 0 Å². The van der Waals surface area contributed by atoms with Gasteiger partial charge in [0.15, 0.2) is 6.33 Å². The molecule has 7 nitrogen and oxygen atoms in total. The molecule has 0 aliphatic rings. The van der Waals surface area contributed by atoms with E-state index in [-0.39, 0.29) is 0 Å². The van der Waals surface area contributed by atoms with Crippen LogP contribution >= 0.6 is 0 Å². The average Bonchev–Trinajstić information content (AvgIpc) is 2.82. The van der Waals surface area contributed by atoms with Crippen molar-refractivity contribution in [1.82, 2.24) is 20.1 Å². The van der Waals surface area contributed by atoms with Crippen molar-refractivity contribution in [3.8, 4) is 0 Å². The summed E-state index contributed by atoms with van der Waals surface area (Å²) in [6.45, 7) is 0.683. The molecule has 0 radical (unpaired) electrons. The molecule has 0 unspecified atom stereocenters. The first-order valence-corrected chi connectivity index (χ1v) is 4.88. The van der Waals surface area contributed by atoms with Gasteiger partial charge in [-0.15, -0.1) is 0 Å². The molecule has 0 saturated carbocycles. The third-order valence-corrected chi connectivity index (χ3v) is 1.93. The van der Waals surface area contributed by atoms with Gasteiger partial charge in [-0.1, -0.05) is 5.16 Å². The normalized spacial score (nSPS) is 10.1. The fourth-order valence-corrected chi connectivity index (χ4v) is 1.18. The summed E-state index contributed by atoms with van der Waals surface area (Å²) in [6, 6.07) is 1.80. The topological polar surface area (TPSA) is 88.8 Å². The number of nitrogens with one attached hydrogen (secondary N) is 2. The smallest absolute Gasteiger partial charge is 0.228 e. The van der Waals surface area contributed by atoms with Crippen LogP contribution in [0.25, 0.3) is 0 Å². The zero-order valence-corrected chi connectivity index (χ0v) is 8.84. The highest BCUT2D eigenvalue weighted by molar-refractivity contribution is 5.38. The molecule has 84 valence electrons. The molecule has 0 atom stereocenters. The summed E-state index contributed by atoms with van der Waals surface area (Å²) < 4.78 is 4.87. The number of rotatable bonds is 5. The molecule has 0 aliphatic carbocycles. The summed E-state index contributed by atoms with van der Waals surface area (Å²) in [5.74, 6) is 1.96. The van der Waals surface area contributed by atoms with Gasteiger partial charge in [-0.25, -0.2) is 4.98 Å². The van der Waals surface area contributed by atoms with Gasteiger partial charge >= 0.3 is 0 Å². The number of hydrogen-bond donors (Lipinski definition) is 2. The lowest BCUT2D eigenvalue weighted by atomic mass is 10.4. The van der Waals surface area contributed by atoms with Crippen molar-refractivity contribution < 1.29 is 4.52 Å². The summed E-state index contributed by atoms with van der Waals surface area (Å²) >= 11 is 0. The van der Waals surface area contributed by atoms with E-state index in [1.807, 2.05) is 0 Å². The first kappa shape index (κ1) is 10.3. The van der Waals surface area contributed by atoms with E-state index in [2.05, 4.69) is 30.7 Å². The Kier molecular flexibility index (Phi) is 3.27. The Morgan fingerprint density at radius 2 is 2.31 bits per heavy atom. The van der Waals surface area contributed by atoms with Crippen LogP contribution in [-0.4, -0.2) is 33.7 Å². The van der Waals surface area contributed by atoms with E-state index < -0.39 is 0 Å². The van der Waals surface area contributed by atoms with Gasteiger partial charge in [-0.05, 0) is 6.07 Å². The van der Waals surface area contributed by atoms with Gasteiger partial charge in [0.25, 0.3) is 0 Å². The lowest BCUT2D eigenvalue weighted by Gasteiger charge is -2.04. The summed E-state index contributed by atoms with van der Waals surface area (Å²) in [5, 5.41) is 9.53. The van der Waals surface area contributed by atoms with Crippen LogP contribution in [0.15, 0.2) is 23.1 Å². The van der Waals surface area contributed by atoms with E-state index >= 15 is 0 Å². The molecule has 2 aromatic rings. The van der Waals surface area contributed by atoms with Crippen LogP contribution in [0, 0.1) is 0 Å². The van der Waals surface area contributed by atoms with E-state index in [1.165, 1.54) is 6.33 Å². The molecule has 0 aromatic carbocycles. The summed E-state index contributed by atoms with van der Waals surface area (Å²) in [6.07, 6.45) is 3.74. The SMILES string of the molecule is CNc1nccc(NCCc2ncno2)n1. The Labute approximate surface area is 92.3 Å². The number of anilines is 2. The maximum atomic E-state index is 4.87. The van der Waals surface area contributed by atoms with Crippen LogP contribution < -0.4 is 10.6 Å². The van der Waals surface area contributed by atoms with Crippen LogP contribution in [0.3, 0.4) is 0 Å². The monoisotopic (exact) mass is 220 g/mol. The van der Waals surface area contributed by atoms with Gasteiger partial charge in [0, 0.05) is 26.2 Å². The van der Waals surface area contributed by atoms with Crippen LogP contribution in [0.5, 0.6) is 0 Å². The molecule has 0 amide bonds. The quantitative estimate of drug-likeness (QED) is 0.760. The highest BCUT2D eigenvalue weighted by atomic mass is 16.5. The van der Waals surface area contributed by atoms with Gasteiger partial charge < -0.3 is 15.2 Å². The molecule has 0 spiro atoms. The summed E-state index contributed by atoms with van der Waals surface area (Å²) in [4.78, 5) is 12.1. The molecule has 0 aliphatic heterocycles. The highest BCUT2D eigenvalue weighted by Gasteiger charge is 2.00. The van der Waals surface area contributed by atoms with Crippen LogP contribution in [0.2, 0.25) is 0 Å². The third-order valence-electron chi connectivity index (χ3n) is 1.93. The second-order valence-corrected chi connectivity index (χ2v) is 3.03. The second kappa shape index (κ2) is 5.06. The van der Waals surface area contributed by atoms with E-state index in [1.54, 1.807) is 19.3 Å². The van der Waals surface area contributed by atoms with Crippen LogP contribution in [0.4, 0.5) is 11.8 Å². The minimum absolute atomic E-state index is 0.586. The molecule has 0 saturated heterocycles. The standard InChI is InChI=1S/C9H12N6O/c1-10-9-12-4-2-7(15-9)11-5-3-8-13-6-14-16-8/h2,4,6H,3,5H2,1H3,(H2,10,11,12,15). The fourth-order valence-electron chi connectivity index (χ4n) is 1.18. The fraction of sp³-hybridized carbons (Fsp3) is 0.333. The number of aromatic nitrogens is 4. The third kappa shape index (κ3) is 2.66. The minimum atomic E-state index is 0.586. The second-order valence-electron chi connectivity index (χ2n) is 3.03. The minimum Gasteiger partial charge on any atom is -0.369 e. The lowest BCUT2D eigenvalue weighted by molar-refractivity contribution is 0.379. The molecule has 2 aromatic heterocycles. The maximum Gasteiger partial charge on any atom is 0.228 e. The van der Waals surface area contributed by atoms with Gasteiger partial charge in [0.2, 0.25) is 11.8 Å². The van der Waals surface area contributed by atoms with Crippen molar-refractivity contribution in [2.24, 2.45) is 0 Å². The predicted molar refractivity (Wildman–Crippen MR) is 58.1 cm³/mol. The summed E-state index contributed by atoms with van der Waals surface area (Å²) in [7, 11) is 1.78. The van der Waals surface area contributed by atoms with E-state index in [0.29, 0.717) is 24.8 Å². The van der Waals surface area contributed by atoms with Crippen molar-refractivity contribution >= 4 is 11.8 Å². The molecule has 0 bridgehead atoms. The Morgan fingerprint density at radius 1 is 1.38 bits per heavy atom. The van der Waals surface area contributed by atoms with E-state index in [4.69, 9.17) is 4.52 Å². The van der Waals surface area contributed by atoms with Crippen molar-refractivity contribution in [3.05, 3.63) is 24.5 Å². The molecule has 16 heavy (non-hydrogen) atoms. The first-order valence-electron chi connectivity index (χ1n) is 4.88. The molecular formula is C9H12N6O. The molecule has 0 fully saturated rings. The zero-order chi connectivity index (χ0) is 11.2. The van der Waals surface area contributed by atoms with Gasteiger partial charge in [0.1, 0.15) is 5.82 Å². The van der Waals surface area contributed by atoms with Crippen LogP contribution in [0.1, 0.15) is 5.89 Å². The Bertz CT molecular complexity index is 429. The maximum absolute atomic E-state index is 4.87. The van der Waals surface area contributed by atoms with E-state index in [0.717, 1.165) is 5.82 Å². The predicted octanol–water partition coefficient (Wildman–Crippen LogP) is 0.556. The number of hydrogen-bond acceptors (Lipinski definition) is 7. The van der Waals surface area contributed by atoms with Gasteiger partial charge in [-0.2, -0.15) is 9.97 Å². The van der Waals surface area contributed by atoms with Gasteiger partial charge in [-0.3, -0.25) is 0 Å². The largest absolute Gasteiger partial charge is 0.369 e. The van der Waals surface area contributed by atoms with E-state index in [9.17, 15) is 0 Å². The average molecular weight is 220 g/mol. The Hall–Kier alpha value is -2.18. The highest BCUT2D eigenvalue weighted by Crippen LogP contribution is 2.04. The molecule has 2 rings (SSSR count). The van der Waals surface area contributed by atoms with Gasteiger partial charge in [0.05, 0.1) is 0 Å². The Balaban J connectivity index is 1.85. The molecular weight excluding hydrogens is 208 g/mol. The zero-order valence-electron chi connectivity index (χ0n) is 8.84. The van der Waals surface area contributed by atoms with Crippen molar-refractivity contribution in [2.45, 2.75) is 6.42 Å². The lowest BCUT2D eigenvalue weighted by Crippen LogP contribution is -2.07.